The summed E-state index contributed by atoms with van der Waals surface area (Å²) in [6.07, 6.45) is 5.02. The molecule has 4 heteroatoms. The summed E-state index contributed by atoms with van der Waals surface area (Å²) in [5, 5.41) is 6.17. The summed E-state index contributed by atoms with van der Waals surface area (Å²) in [5.74, 6) is 0.498. The number of amides is 2. The summed E-state index contributed by atoms with van der Waals surface area (Å²) >= 11 is 0. The minimum absolute atomic E-state index is 0.0791. The zero-order valence-corrected chi connectivity index (χ0v) is 13.4. The van der Waals surface area contributed by atoms with E-state index >= 15 is 0 Å². The molecule has 0 saturated carbocycles. The van der Waals surface area contributed by atoms with Crippen molar-refractivity contribution >= 4 is 11.8 Å². The second kappa shape index (κ2) is 6.91. The number of allylic oxidation sites excluding steroid dienone is 1. The van der Waals surface area contributed by atoms with E-state index < -0.39 is 0 Å². The van der Waals surface area contributed by atoms with Gasteiger partial charge in [0.25, 0.3) is 0 Å². The van der Waals surface area contributed by atoms with Gasteiger partial charge in [0.05, 0.1) is 6.04 Å². The van der Waals surface area contributed by atoms with Gasteiger partial charge in [-0.2, -0.15) is 0 Å². The molecule has 0 bridgehead atoms. The first-order valence-corrected chi connectivity index (χ1v) is 7.57. The Morgan fingerprint density at radius 2 is 1.85 bits per heavy atom. The minimum atomic E-state index is -0.251. The van der Waals surface area contributed by atoms with Crippen molar-refractivity contribution in [1.82, 2.24) is 10.6 Å². The van der Waals surface area contributed by atoms with Gasteiger partial charge >= 0.3 is 0 Å². The summed E-state index contributed by atoms with van der Waals surface area (Å²) in [6, 6.07) is 0.0963. The molecule has 0 fully saturated rings. The van der Waals surface area contributed by atoms with Gasteiger partial charge in [0.2, 0.25) is 11.8 Å². The molecule has 2 amide bonds. The number of nitrogens with one attached hydrogen (secondary N) is 2. The average Bonchev–Trinajstić information content (AvgIpc) is 2.40. The van der Waals surface area contributed by atoms with Crippen molar-refractivity contribution in [2.24, 2.45) is 5.92 Å². The third-order valence-electron chi connectivity index (χ3n) is 4.25. The van der Waals surface area contributed by atoms with Crippen LogP contribution < -0.4 is 10.6 Å². The van der Waals surface area contributed by atoms with E-state index in [-0.39, 0.29) is 23.4 Å². The van der Waals surface area contributed by atoms with Crippen molar-refractivity contribution in [3.05, 3.63) is 11.6 Å². The van der Waals surface area contributed by atoms with E-state index in [1.165, 1.54) is 5.57 Å². The van der Waals surface area contributed by atoms with Crippen molar-refractivity contribution in [1.29, 1.82) is 0 Å². The smallest absolute Gasteiger partial charge is 0.220 e. The van der Waals surface area contributed by atoms with Crippen LogP contribution >= 0.6 is 0 Å². The molecule has 0 aromatic heterocycles. The minimum Gasteiger partial charge on any atom is -0.351 e. The fourth-order valence-corrected chi connectivity index (χ4v) is 2.65. The third kappa shape index (κ3) is 4.36. The lowest BCUT2D eigenvalue weighted by molar-refractivity contribution is -0.124. The van der Waals surface area contributed by atoms with Crippen molar-refractivity contribution < 1.29 is 9.59 Å². The molecule has 0 spiro atoms. The van der Waals surface area contributed by atoms with Crippen LogP contribution in [0.4, 0.5) is 0 Å². The molecule has 0 saturated heterocycles. The molecule has 0 unspecified atom stereocenters. The molecule has 0 aromatic rings. The molecule has 0 aliphatic heterocycles. The molecule has 114 valence electrons. The molecular formula is C16H28N2O2. The van der Waals surface area contributed by atoms with E-state index in [0.717, 1.165) is 12.8 Å². The van der Waals surface area contributed by atoms with E-state index in [1.807, 2.05) is 13.8 Å². The van der Waals surface area contributed by atoms with Crippen LogP contribution in [0.15, 0.2) is 11.6 Å². The summed E-state index contributed by atoms with van der Waals surface area (Å²) in [7, 11) is 0. The topological polar surface area (TPSA) is 58.2 Å². The molecule has 2 N–H and O–H groups in total. The van der Waals surface area contributed by atoms with Gasteiger partial charge in [-0.1, -0.05) is 25.5 Å². The number of hydrogen-bond donors (Lipinski definition) is 2. The van der Waals surface area contributed by atoms with Crippen LogP contribution in [0.25, 0.3) is 0 Å². The lowest BCUT2D eigenvalue weighted by Gasteiger charge is -2.40. The first-order valence-electron chi connectivity index (χ1n) is 7.57. The maximum Gasteiger partial charge on any atom is 0.220 e. The van der Waals surface area contributed by atoms with Gasteiger partial charge in [0.1, 0.15) is 0 Å². The van der Waals surface area contributed by atoms with Crippen molar-refractivity contribution in [2.45, 2.75) is 71.9 Å². The van der Waals surface area contributed by atoms with Gasteiger partial charge in [-0.15, -0.1) is 0 Å². The van der Waals surface area contributed by atoms with E-state index in [9.17, 15) is 9.59 Å². The fraction of sp³-hybridized carbons (Fsp3) is 0.750. The van der Waals surface area contributed by atoms with Crippen LogP contribution in [-0.4, -0.2) is 23.4 Å². The van der Waals surface area contributed by atoms with Gasteiger partial charge in [-0.25, -0.2) is 0 Å². The zero-order chi connectivity index (χ0) is 15.3. The first-order chi connectivity index (χ1) is 9.30. The molecule has 0 radical (unpaired) electrons. The predicted octanol–water partition coefficient (Wildman–Crippen LogP) is 2.54. The van der Waals surface area contributed by atoms with Crippen molar-refractivity contribution in [3.8, 4) is 0 Å². The highest BCUT2D eigenvalue weighted by atomic mass is 16.2. The van der Waals surface area contributed by atoms with Crippen LogP contribution in [0.2, 0.25) is 0 Å². The Hall–Kier alpha value is -1.32. The summed E-state index contributed by atoms with van der Waals surface area (Å²) in [6.45, 7) is 9.92. The van der Waals surface area contributed by atoms with E-state index in [0.29, 0.717) is 18.8 Å². The standard InChI is InChI=1S/C16H28N2O2/c1-6-14(19)17-13-10-12(9-8-11(13)3)16(4,5)18-15(20)7-2/h8,12-13H,6-7,9-10H2,1-5H3,(H,17,19)(H,18,20)/t12-,13-/m0/s1. The number of hydrogen-bond acceptors (Lipinski definition) is 2. The number of carbonyl (C=O) groups is 2. The van der Waals surface area contributed by atoms with Gasteiger partial charge in [0, 0.05) is 18.4 Å². The molecule has 0 heterocycles. The number of rotatable bonds is 5. The Kier molecular flexibility index (Phi) is 5.78. The van der Waals surface area contributed by atoms with Gasteiger partial charge in [-0.3, -0.25) is 9.59 Å². The zero-order valence-electron chi connectivity index (χ0n) is 13.4. The fourth-order valence-electron chi connectivity index (χ4n) is 2.65. The van der Waals surface area contributed by atoms with Gasteiger partial charge < -0.3 is 10.6 Å². The van der Waals surface area contributed by atoms with Crippen molar-refractivity contribution in [2.75, 3.05) is 0 Å². The quantitative estimate of drug-likeness (QED) is 0.760. The third-order valence-corrected chi connectivity index (χ3v) is 4.25. The maximum atomic E-state index is 11.6. The molecule has 4 nitrogen and oxygen atoms in total. The van der Waals surface area contributed by atoms with E-state index in [2.05, 4.69) is 37.5 Å². The van der Waals surface area contributed by atoms with Gasteiger partial charge in [0.15, 0.2) is 0 Å². The van der Waals surface area contributed by atoms with Crippen LogP contribution in [0, 0.1) is 5.92 Å². The Labute approximate surface area is 122 Å². The second-order valence-electron chi connectivity index (χ2n) is 6.21. The van der Waals surface area contributed by atoms with E-state index in [1.54, 1.807) is 0 Å². The van der Waals surface area contributed by atoms with Crippen LogP contribution in [0.1, 0.15) is 60.3 Å². The monoisotopic (exact) mass is 280 g/mol. The normalized spacial score (nSPS) is 22.9. The Bertz CT molecular complexity index is 399. The maximum absolute atomic E-state index is 11.6. The lowest BCUT2D eigenvalue weighted by Crippen LogP contribution is -2.52. The van der Waals surface area contributed by atoms with Crippen LogP contribution in [0.3, 0.4) is 0 Å². The van der Waals surface area contributed by atoms with E-state index in [4.69, 9.17) is 0 Å². The highest BCUT2D eigenvalue weighted by Gasteiger charge is 2.34. The van der Waals surface area contributed by atoms with Crippen LogP contribution in [-0.2, 0) is 9.59 Å². The predicted molar refractivity (Wildman–Crippen MR) is 81.2 cm³/mol. The Morgan fingerprint density at radius 3 is 2.40 bits per heavy atom. The molecule has 1 aliphatic rings. The Morgan fingerprint density at radius 1 is 1.25 bits per heavy atom. The van der Waals surface area contributed by atoms with Crippen molar-refractivity contribution in [3.63, 3.8) is 0 Å². The van der Waals surface area contributed by atoms with Gasteiger partial charge in [-0.05, 0) is 39.5 Å². The molecule has 20 heavy (non-hydrogen) atoms. The summed E-state index contributed by atoms with van der Waals surface area (Å²) < 4.78 is 0. The molecule has 1 rings (SSSR count). The highest BCUT2D eigenvalue weighted by molar-refractivity contribution is 5.77. The van der Waals surface area contributed by atoms with Crippen LogP contribution in [0.5, 0.6) is 0 Å². The largest absolute Gasteiger partial charge is 0.351 e. The molecular weight excluding hydrogens is 252 g/mol. The molecule has 1 aliphatic carbocycles. The average molecular weight is 280 g/mol. The second-order valence-corrected chi connectivity index (χ2v) is 6.21. The number of carbonyl (C=O) groups excluding carboxylic acids is 2. The SMILES string of the molecule is CCC(=O)N[C@H]1C[C@@H](C(C)(C)NC(=O)CC)CC=C1C. The first kappa shape index (κ1) is 16.7. The summed E-state index contributed by atoms with van der Waals surface area (Å²) in [5.41, 5.74) is 0.972. The molecule has 0 aromatic carbocycles. The summed E-state index contributed by atoms with van der Waals surface area (Å²) in [4.78, 5) is 23.2. The Balaban J connectivity index is 2.74. The highest BCUT2D eigenvalue weighted by Crippen LogP contribution is 2.32. The lowest BCUT2D eigenvalue weighted by atomic mass is 9.75. The molecule has 2 atom stereocenters.